The van der Waals surface area contributed by atoms with Crippen molar-refractivity contribution >= 4 is 5.91 Å². The summed E-state index contributed by atoms with van der Waals surface area (Å²) in [7, 11) is 0. The Balaban J connectivity index is 1.61. The molecule has 3 atom stereocenters. The highest BCUT2D eigenvalue weighted by atomic mass is 16.3. The van der Waals surface area contributed by atoms with Gasteiger partial charge in [-0.2, -0.15) is 0 Å². The second kappa shape index (κ2) is 4.76. The summed E-state index contributed by atoms with van der Waals surface area (Å²) in [6.07, 6.45) is 5.18. The van der Waals surface area contributed by atoms with Gasteiger partial charge in [0.2, 0.25) is 0 Å². The fourth-order valence-electron chi connectivity index (χ4n) is 3.65. The molecule has 1 amide bonds. The second-order valence-electron chi connectivity index (χ2n) is 5.85. The summed E-state index contributed by atoms with van der Waals surface area (Å²) in [5.41, 5.74) is 0.142. The SMILES string of the molecule is O=C(NCC1CC2CCC1C2)c1cc(O)ccc1O. The van der Waals surface area contributed by atoms with Gasteiger partial charge in [-0.25, -0.2) is 0 Å². The van der Waals surface area contributed by atoms with Gasteiger partial charge in [-0.3, -0.25) is 4.79 Å². The smallest absolute Gasteiger partial charge is 0.255 e. The third-order valence-electron chi connectivity index (χ3n) is 4.63. The van der Waals surface area contributed by atoms with E-state index in [1.54, 1.807) is 0 Å². The van der Waals surface area contributed by atoms with Crippen molar-refractivity contribution in [2.24, 2.45) is 17.8 Å². The predicted molar refractivity (Wildman–Crippen MR) is 71.0 cm³/mol. The molecule has 19 heavy (non-hydrogen) atoms. The summed E-state index contributed by atoms with van der Waals surface area (Å²) < 4.78 is 0. The minimum absolute atomic E-state index is 0.0112. The van der Waals surface area contributed by atoms with Crippen molar-refractivity contribution in [2.75, 3.05) is 6.54 Å². The van der Waals surface area contributed by atoms with E-state index >= 15 is 0 Å². The Kier molecular flexibility index (Phi) is 3.09. The zero-order valence-corrected chi connectivity index (χ0v) is 10.8. The Hall–Kier alpha value is -1.71. The fourth-order valence-corrected chi connectivity index (χ4v) is 3.65. The number of hydrogen-bond acceptors (Lipinski definition) is 3. The van der Waals surface area contributed by atoms with Crippen LogP contribution in [0.5, 0.6) is 11.5 Å². The monoisotopic (exact) mass is 261 g/mol. The standard InChI is InChI=1S/C15H19NO3/c17-12-3-4-14(18)13(7-12)15(19)16-8-11-6-9-1-2-10(11)5-9/h3-4,7,9-11,17-18H,1-2,5-6,8H2,(H,16,19). The first-order valence-corrected chi connectivity index (χ1v) is 6.93. The normalized spacial score (nSPS) is 28.5. The highest BCUT2D eigenvalue weighted by Gasteiger charge is 2.39. The second-order valence-corrected chi connectivity index (χ2v) is 5.85. The molecule has 0 saturated heterocycles. The third-order valence-corrected chi connectivity index (χ3v) is 4.63. The van der Waals surface area contributed by atoms with Crippen LogP contribution in [0.2, 0.25) is 0 Å². The molecule has 1 aromatic carbocycles. The number of nitrogens with one attached hydrogen (secondary N) is 1. The number of benzene rings is 1. The van der Waals surface area contributed by atoms with E-state index in [1.165, 1.54) is 43.9 Å². The average molecular weight is 261 g/mol. The molecule has 2 saturated carbocycles. The summed E-state index contributed by atoms with van der Waals surface area (Å²) in [6.45, 7) is 0.676. The van der Waals surface area contributed by atoms with Crippen LogP contribution in [0.15, 0.2) is 18.2 Å². The molecule has 0 aromatic heterocycles. The molecule has 3 N–H and O–H groups in total. The molecule has 102 valence electrons. The fraction of sp³-hybridized carbons (Fsp3) is 0.533. The van der Waals surface area contributed by atoms with E-state index in [2.05, 4.69) is 5.32 Å². The number of amides is 1. The Labute approximate surface area is 112 Å². The van der Waals surface area contributed by atoms with Gasteiger partial charge in [0, 0.05) is 6.54 Å². The van der Waals surface area contributed by atoms with Crippen molar-refractivity contribution in [2.45, 2.75) is 25.7 Å². The number of rotatable bonds is 3. The summed E-state index contributed by atoms with van der Waals surface area (Å²) in [6, 6.07) is 4.00. The van der Waals surface area contributed by atoms with Crippen LogP contribution in [0.25, 0.3) is 0 Å². The van der Waals surface area contributed by atoms with Gasteiger partial charge in [0.25, 0.3) is 5.91 Å². The lowest BCUT2D eigenvalue weighted by Crippen LogP contribution is -2.31. The van der Waals surface area contributed by atoms with Gasteiger partial charge in [0.15, 0.2) is 0 Å². The maximum atomic E-state index is 12.0. The molecule has 3 unspecified atom stereocenters. The molecule has 3 rings (SSSR count). The Morgan fingerprint density at radius 2 is 2.11 bits per heavy atom. The number of phenols is 2. The molecule has 1 aromatic rings. The van der Waals surface area contributed by atoms with E-state index in [4.69, 9.17) is 0 Å². The van der Waals surface area contributed by atoms with Crippen LogP contribution in [-0.4, -0.2) is 22.7 Å². The maximum Gasteiger partial charge on any atom is 0.255 e. The summed E-state index contributed by atoms with van der Waals surface area (Å²) in [4.78, 5) is 12.0. The van der Waals surface area contributed by atoms with Gasteiger partial charge in [-0.05, 0) is 55.2 Å². The van der Waals surface area contributed by atoms with E-state index < -0.39 is 0 Å². The molecule has 2 aliphatic rings. The van der Waals surface area contributed by atoms with Gasteiger partial charge in [0.1, 0.15) is 11.5 Å². The Bertz CT molecular complexity index is 500. The number of fused-ring (bicyclic) bond motifs is 2. The van der Waals surface area contributed by atoms with Gasteiger partial charge >= 0.3 is 0 Å². The van der Waals surface area contributed by atoms with Crippen molar-refractivity contribution in [1.82, 2.24) is 5.32 Å². The predicted octanol–water partition coefficient (Wildman–Crippen LogP) is 2.26. The van der Waals surface area contributed by atoms with E-state index in [9.17, 15) is 15.0 Å². The topological polar surface area (TPSA) is 69.6 Å². The van der Waals surface area contributed by atoms with Crippen molar-refractivity contribution in [3.05, 3.63) is 23.8 Å². The van der Waals surface area contributed by atoms with E-state index in [1.807, 2.05) is 0 Å². The van der Waals surface area contributed by atoms with Crippen LogP contribution in [0.3, 0.4) is 0 Å². The van der Waals surface area contributed by atoms with Crippen LogP contribution in [-0.2, 0) is 0 Å². The number of carbonyl (C=O) groups excluding carboxylic acids is 1. The molecular weight excluding hydrogens is 242 g/mol. The quantitative estimate of drug-likeness (QED) is 0.731. The molecule has 2 aliphatic carbocycles. The minimum Gasteiger partial charge on any atom is -0.508 e. The zero-order chi connectivity index (χ0) is 13.4. The zero-order valence-electron chi connectivity index (χ0n) is 10.8. The minimum atomic E-state index is -0.309. The lowest BCUT2D eigenvalue weighted by Gasteiger charge is -2.21. The van der Waals surface area contributed by atoms with Gasteiger partial charge in [-0.1, -0.05) is 6.42 Å². The number of phenolic OH excluding ortho intramolecular Hbond substituents is 2. The van der Waals surface area contributed by atoms with Gasteiger partial charge < -0.3 is 15.5 Å². The van der Waals surface area contributed by atoms with E-state index in [0.29, 0.717) is 12.5 Å². The summed E-state index contributed by atoms with van der Waals surface area (Å²) in [5.74, 6) is 1.80. The van der Waals surface area contributed by atoms with Crippen molar-refractivity contribution in [3.8, 4) is 11.5 Å². The molecule has 2 fully saturated rings. The Morgan fingerprint density at radius 3 is 2.79 bits per heavy atom. The molecule has 0 radical (unpaired) electrons. The average Bonchev–Trinajstić information content (AvgIpc) is 3.01. The molecule has 4 nitrogen and oxygen atoms in total. The van der Waals surface area contributed by atoms with Crippen molar-refractivity contribution in [1.29, 1.82) is 0 Å². The maximum absolute atomic E-state index is 12.0. The van der Waals surface area contributed by atoms with Crippen LogP contribution >= 0.6 is 0 Å². The highest BCUT2D eigenvalue weighted by molar-refractivity contribution is 5.97. The lowest BCUT2D eigenvalue weighted by molar-refractivity contribution is 0.0938. The molecule has 4 heteroatoms. The van der Waals surface area contributed by atoms with Crippen molar-refractivity contribution in [3.63, 3.8) is 0 Å². The lowest BCUT2D eigenvalue weighted by atomic mass is 9.89. The molecule has 0 aliphatic heterocycles. The largest absolute Gasteiger partial charge is 0.508 e. The first-order chi connectivity index (χ1) is 9.13. The number of aromatic hydroxyl groups is 2. The van der Waals surface area contributed by atoms with E-state index in [-0.39, 0.29) is 23.0 Å². The molecule has 0 spiro atoms. The van der Waals surface area contributed by atoms with Gasteiger partial charge in [0.05, 0.1) is 5.56 Å². The van der Waals surface area contributed by atoms with Crippen LogP contribution in [0.1, 0.15) is 36.0 Å². The Morgan fingerprint density at radius 1 is 1.26 bits per heavy atom. The first-order valence-electron chi connectivity index (χ1n) is 6.93. The number of hydrogen-bond donors (Lipinski definition) is 3. The third kappa shape index (κ3) is 2.39. The molecule has 2 bridgehead atoms. The van der Waals surface area contributed by atoms with E-state index in [0.717, 1.165) is 11.8 Å². The van der Waals surface area contributed by atoms with Crippen LogP contribution < -0.4 is 5.32 Å². The van der Waals surface area contributed by atoms with Crippen molar-refractivity contribution < 1.29 is 15.0 Å². The summed E-state index contributed by atoms with van der Waals surface area (Å²) >= 11 is 0. The van der Waals surface area contributed by atoms with Gasteiger partial charge in [-0.15, -0.1) is 0 Å². The molecular formula is C15H19NO3. The highest BCUT2D eigenvalue weighted by Crippen LogP contribution is 2.47. The first kappa shape index (κ1) is 12.3. The van der Waals surface area contributed by atoms with Crippen LogP contribution in [0, 0.1) is 17.8 Å². The van der Waals surface area contributed by atoms with Crippen LogP contribution in [0.4, 0.5) is 0 Å². The summed E-state index contributed by atoms with van der Waals surface area (Å²) in [5, 5.41) is 21.9. The number of carbonyl (C=O) groups is 1. The molecule has 0 heterocycles.